The molecule has 2 aromatic carbocycles. The molecule has 176 valence electrons. The Bertz CT molecular complexity index is 1060. The minimum Gasteiger partial charge on any atom is -0.393 e. The van der Waals surface area contributed by atoms with Gasteiger partial charge in [0.25, 0.3) is 0 Å². The molecule has 0 bridgehead atoms. The first-order valence-electron chi connectivity index (χ1n) is 11.0. The second-order valence-corrected chi connectivity index (χ2v) is 8.95. The molecule has 0 aliphatic carbocycles. The van der Waals surface area contributed by atoms with Crippen LogP contribution in [0.1, 0.15) is 24.5 Å². The van der Waals surface area contributed by atoms with Gasteiger partial charge in [0.2, 0.25) is 0 Å². The molecule has 33 heavy (non-hydrogen) atoms. The summed E-state index contributed by atoms with van der Waals surface area (Å²) in [6.07, 6.45) is 0.751. The van der Waals surface area contributed by atoms with E-state index in [1.807, 2.05) is 6.07 Å². The van der Waals surface area contributed by atoms with Gasteiger partial charge in [0.1, 0.15) is 23.3 Å². The predicted octanol–water partition coefficient (Wildman–Crippen LogP) is 3.69. The summed E-state index contributed by atoms with van der Waals surface area (Å²) in [4.78, 5) is 16.6. The van der Waals surface area contributed by atoms with Crippen LogP contribution in [-0.4, -0.2) is 65.9 Å². The maximum atomic E-state index is 14.9. The van der Waals surface area contributed by atoms with Crippen LogP contribution in [0.25, 0.3) is 5.57 Å². The molecule has 2 aliphatic heterocycles. The first kappa shape index (κ1) is 23.3. The number of aliphatic hydroxyl groups is 1. The van der Waals surface area contributed by atoms with E-state index in [0.29, 0.717) is 24.1 Å². The quantitative estimate of drug-likeness (QED) is 0.733. The number of benzene rings is 2. The summed E-state index contributed by atoms with van der Waals surface area (Å²) in [5.74, 6) is -1.23. The van der Waals surface area contributed by atoms with Crippen molar-refractivity contribution in [2.45, 2.75) is 30.6 Å². The minimum atomic E-state index is -1.31. The topological polar surface area (TPSA) is 55.8 Å². The van der Waals surface area contributed by atoms with Crippen molar-refractivity contribution >= 4 is 11.6 Å². The van der Waals surface area contributed by atoms with E-state index >= 15 is 0 Å². The van der Waals surface area contributed by atoms with Gasteiger partial charge in [-0.25, -0.2) is 18.0 Å². The van der Waals surface area contributed by atoms with Crippen LogP contribution in [0.4, 0.5) is 18.0 Å². The molecule has 0 radical (unpaired) electrons. The summed E-state index contributed by atoms with van der Waals surface area (Å²) in [6, 6.07) is 11.5. The zero-order valence-corrected chi connectivity index (χ0v) is 18.7. The van der Waals surface area contributed by atoms with Crippen molar-refractivity contribution in [1.82, 2.24) is 15.1 Å². The second-order valence-electron chi connectivity index (χ2n) is 8.95. The smallest absolute Gasteiger partial charge is 0.321 e. The van der Waals surface area contributed by atoms with Gasteiger partial charge < -0.3 is 20.2 Å². The number of amides is 2. The molecule has 2 aliphatic rings. The summed E-state index contributed by atoms with van der Waals surface area (Å²) in [5, 5.41) is 13.6. The van der Waals surface area contributed by atoms with Crippen molar-refractivity contribution in [3.63, 3.8) is 0 Å². The average Bonchev–Trinajstić information content (AvgIpc) is 3.23. The van der Waals surface area contributed by atoms with Crippen molar-refractivity contribution in [3.8, 4) is 0 Å². The summed E-state index contributed by atoms with van der Waals surface area (Å²) >= 11 is 0. The Kier molecular flexibility index (Phi) is 6.24. The molecule has 3 atom stereocenters. The maximum absolute atomic E-state index is 14.9. The number of rotatable bonds is 4. The second kappa shape index (κ2) is 8.83. The highest BCUT2D eigenvalue weighted by molar-refractivity contribution is 5.84. The zero-order chi connectivity index (χ0) is 23.8. The predicted molar refractivity (Wildman–Crippen MR) is 120 cm³/mol. The van der Waals surface area contributed by atoms with Gasteiger partial charge in [-0.05, 0) is 55.3 Å². The van der Waals surface area contributed by atoms with E-state index < -0.39 is 41.5 Å². The van der Waals surface area contributed by atoms with Gasteiger partial charge in [-0.1, -0.05) is 30.3 Å². The van der Waals surface area contributed by atoms with Crippen molar-refractivity contribution in [2.75, 3.05) is 33.3 Å². The fraction of sp³-hybridized carbons (Fsp3) is 0.400. The number of carbonyl (C=O) groups excluding carboxylic acids is 1. The fourth-order valence-corrected chi connectivity index (χ4v) is 4.78. The number of hydrogen-bond acceptors (Lipinski definition) is 3. The molecule has 0 saturated carbocycles. The van der Waals surface area contributed by atoms with Crippen LogP contribution in [0, 0.1) is 11.6 Å². The maximum Gasteiger partial charge on any atom is 0.321 e. The summed E-state index contributed by atoms with van der Waals surface area (Å²) in [5.41, 5.74) is -1.34. The first-order chi connectivity index (χ1) is 15.7. The molecule has 8 heteroatoms. The third-order valence-electron chi connectivity index (χ3n) is 7.10. The fourth-order valence-electron chi connectivity index (χ4n) is 4.78. The Morgan fingerprint density at radius 2 is 1.97 bits per heavy atom. The summed E-state index contributed by atoms with van der Waals surface area (Å²) < 4.78 is 43.5. The number of halogens is 3. The van der Waals surface area contributed by atoms with Crippen LogP contribution < -0.4 is 5.32 Å². The van der Waals surface area contributed by atoms with Crippen LogP contribution in [0.3, 0.4) is 0 Å². The summed E-state index contributed by atoms with van der Waals surface area (Å²) in [7, 11) is 1.55. The normalized spacial score (nSPS) is 27.4. The number of hydrogen-bond donors (Lipinski definition) is 2. The highest BCUT2D eigenvalue weighted by atomic mass is 19.1. The number of nitrogens with zero attached hydrogens (tertiary/aromatic N) is 2. The van der Waals surface area contributed by atoms with E-state index in [1.165, 1.54) is 9.80 Å². The Hall–Kier alpha value is -2.84. The summed E-state index contributed by atoms with van der Waals surface area (Å²) in [6.45, 7) is 1.86. The van der Waals surface area contributed by atoms with Gasteiger partial charge in [0, 0.05) is 25.7 Å². The monoisotopic (exact) mass is 459 g/mol. The van der Waals surface area contributed by atoms with Crippen molar-refractivity contribution in [2.24, 2.45) is 0 Å². The number of nitrogens with one attached hydrogen (secondary N) is 1. The Labute approximate surface area is 191 Å². The number of alkyl halides is 1. The van der Waals surface area contributed by atoms with Gasteiger partial charge in [0.05, 0.1) is 12.1 Å². The number of urea groups is 1. The van der Waals surface area contributed by atoms with Gasteiger partial charge in [-0.2, -0.15) is 0 Å². The van der Waals surface area contributed by atoms with Crippen LogP contribution in [-0.2, 0) is 5.54 Å². The number of aliphatic hydroxyl groups excluding tert-OH is 1. The Balaban J connectivity index is 1.79. The van der Waals surface area contributed by atoms with Gasteiger partial charge in [-0.15, -0.1) is 0 Å². The molecule has 0 unspecified atom stereocenters. The Morgan fingerprint density at radius 3 is 2.64 bits per heavy atom. The van der Waals surface area contributed by atoms with Crippen molar-refractivity contribution in [1.29, 1.82) is 0 Å². The molecule has 0 aromatic heterocycles. The zero-order valence-electron chi connectivity index (χ0n) is 18.7. The SMILES string of the molecule is CN(C(=O)N1CC(c2cc(F)ccc2F)=C[C@@]1(CO)c1ccccc1)[C@@]1(C)CCNC[C@H]1F. The third kappa shape index (κ3) is 3.91. The number of carbonyl (C=O) groups is 1. The first-order valence-corrected chi connectivity index (χ1v) is 11.0. The molecular formula is C25H28F3N3O2. The van der Waals surface area contributed by atoms with E-state index in [1.54, 1.807) is 44.3 Å². The van der Waals surface area contributed by atoms with Crippen molar-refractivity contribution in [3.05, 3.63) is 77.4 Å². The largest absolute Gasteiger partial charge is 0.393 e. The van der Waals surface area contributed by atoms with Gasteiger partial charge in [0.15, 0.2) is 0 Å². The van der Waals surface area contributed by atoms with Crippen molar-refractivity contribution < 1.29 is 23.1 Å². The Morgan fingerprint density at radius 1 is 1.24 bits per heavy atom. The lowest BCUT2D eigenvalue weighted by molar-refractivity contribution is 0.0159. The van der Waals surface area contributed by atoms with E-state index in [-0.39, 0.29) is 18.7 Å². The van der Waals surface area contributed by atoms with E-state index in [4.69, 9.17) is 0 Å². The molecule has 0 spiro atoms. The lowest BCUT2D eigenvalue weighted by Crippen LogP contribution is -2.64. The van der Waals surface area contributed by atoms with E-state index in [9.17, 15) is 23.1 Å². The van der Waals surface area contributed by atoms with Crippen LogP contribution >= 0.6 is 0 Å². The van der Waals surface area contributed by atoms with Gasteiger partial charge >= 0.3 is 6.03 Å². The molecule has 2 N–H and O–H groups in total. The van der Waals surface area contributed by atoms with Gasteiger partial charge in [-0.3, -0.25) is 0 Å². The lowest BCUT2D eigenvalue weighted by atomic mass is 9.86. The molecule has 2 aromatic rings. The lowest BCUT2D eigenvalue weighted by Gasteiger charge is -2.48. The minimum absolute atomic E-state index is 0.0261. The average molecular weight is 460 g/mol. The standard InChI is InChI=1S/C25H28F3N3O2/c1-24(10-11-29-14-22(24)28)30(2)23(33)31-15-17(20-12-19(26)8-9-21(20)27)13-25(31,16-32)18-6-4-3-5-7-18/h3-9,12-13,22,29,32H,10-11,14-16H2,1-2H3/t22-,24+,25-/m1/s1. The third-order valence-corrected chi connectivity index (χ3v) is 7.10. The molecule has 2 heterocycles. The molecule has 5 nitrogen and oxygen atoms in total. The van der Waals surface area contributed by atoms with E-state index in [2.05, 4.69) is 5.32 Å². The van der Waals surface area contributed by atoms with Crippen LogP contribution in [0.15, 0.2) is 54.6 Å². The van der Waals surface area contributed by atoms with Crippen LogP contribution in [0.5, 0.6) is 0 Å². The van der Waals surface area contributed by atoms with E-state index in [0.717, 1.165) is 18.2 Å². The molecule has 1 fully saturated rings. The molecular weight excluding hydrogens is 431 g/mol. The number of piperidine rings is 1. The van der Waals surface area contributed by atoms with Crippen LogP contribution in [0.2, 0.25) is 0 Å². The highest BCUT2D eigenvalue weighted by Gasteiger charge is 2.50. The highest BCUT2D eigenvalue weighted by Crippen LogP contribution is 2.42. The molecule has 4 rings (SSSR count). The molecule has 1 saturated heterocycles. The molecule has 2 amide bonds.